The van der Waals surface area contributed by atoms with Crippen LogP contribution < -0.4 is 15.4 Å². The lowest BCUT2D eigenvalue weighted by Crippen LogP contribution is -2.41. The van der Waals surface area contributed by atoms with Crippen molar-refractivity contribution in [3.05, 3.63) is 0 Å². The first-order valence-corrected chi connectivity index (χ1v) is 6.64. The van der Waals surface area contributed by atoms with Crippen molar-refractivity contribution in [2.45, 2.75) is 25.8 Å². The minimum absolute atomic E-state index is 0.203. The number of aromatic nitrogens is 3. The van der Waals surface area contributed by atoms with Crippen LogP contribution in [0.5, 0.6) is 6.01 Å². The second kappa shape index (κ2) is 6.01. The monoisotopic (exact) mass is 266 g/mol. The number of nitrogen functional groups attached to an aromatic ring is 1. The Kier molecular flexibility index (Phi) is 4.36. The zero-order valence-corrected chi connectivity index (χ0v) is 11.8. The average Bonchev–Trinajstić information content (AvgIpc) is 2.59. The first-order chi connectivity index (χ1) is 9.13. The van der Waals surface area contributed by atoms with Crippen LogP contribution in [0.1, 0.15) is 19.8 Å². The molecule has 0 aromatic carbocycles. The minimum atomic E-state index is 0.203. The molecule has 1 aromatic rings. The third-order valence-corrected chi connectivity index (χ3v) is 3.43. The van der Waals surface area contributed by atoms with Gasteiger partial charge in [-0.3, -0.25) is 0 Å². The molecule has 0 spiro atoms. The Balaban J connectivity index is 2.29. The highest BCUT2D eigenvalue weighted by Gasteiger charge is 2.25. The maximum atomic E-state index is 5.72. The number of methoxy groups -OCH3 is 1. The molecule has 2 heterocycles. The topological polar surface area (TPSA) is 80.4 Å². The van der Waals surface area contributed by atoms with Crippen LogP contribution in [0.25, 0.3) is 0 Å². The highest BCUT2D eigenvalue weighted by Crippen LogP contribution is 2.20. The third-order valence-electron chi connectivity index (χ3n) is 3.43. The highest BCUT2D eigenvalue weighted by atomic mass is 16.5. The van der Waals surface area contributed by atoms with E-state index in [0.717, 1.165) is 32.5 Å². The summed E-state index contributed by atoms with van der Waals surface area (Å²) in [5.74, 6) is 0.820. The van der Waals surface area contributed by atoms with Crippen molar-refractivity contribution in [3.8, 4) is 6.01 Å². The van der Waals surface area contributed by atoms with E-state index in [9.17, 15) is 0 Å². The molecule has 0 amide bonds. The van der Waals surface area contributed by atoms with Gasteiger partial charge in [-0.15, -0.1) is 0 Å². The molecule has 0 aliphatic carbocycles. The Bertz CT molecular complexity index is 427. The van der Waals surface area contributed by atoms with Gasteiger partial charge in [-0.2, -0.15) is 15.0 Å². The van der Waals surface area contributed by atoms with E-state index in [2.05, 4.69) is 38.7 Å². The fourth-order valence-corrected chi connectivity index (χ4v) is 2.44. The maximum Gasteiger partial charge on any atom is 0.322 e. The molecular weight excluding hydrogens is 244 g/mol. The Morgan fingerprint density at radius 3 is 2.79 bits per heavy atom. The van der Waals surface area contributed by atoms with Gasteiger partial charge in [-0.05, 0) is 26.4 Å². The van der Waals surface area contributed by atoms with E-state index in [4.69, 9.17) is 10.5 Å². The molecule has 7 heteroatoms. The molecule has 1 aromatic heterocycles. The number of rotatable bonds is 3. The summed E-state index contributed by atoms with van der Waals surface area (Å²) in [5, 5.41) is 0. The van der Waals surface area contributed by atoms with Gasteiger partial charge in [0.05, 0.1) is 7.11 Å². The second-order valence-corrected chi connectivity index (χ2v) is 4.85. The molecule has 1 fully saturated rings. The molecule has 1 unspecified atom stereocenters. The summed E-state index contributed by atoms with van der Waals surface area (Å²) in [7, 11) is 3.68. The lowest BCUT2D eigenvalue weighted by Gasteiger charge is -2.30. The standard InChI is InChI=1S/C12H22N6O/c1-4-9-8-17(2)6-5-7-18(9)11-14-10(13)15-12(16-11)19-3/h9H,4-8H2,1-3H3,(H2,13,14,15,16). The SMILES string of the molecule is CCC1CN(C)CCCN1c1nc(N)nc(OC)n1. The summed E-state index contributed by atoms with van der Waals surface area (Å²) < 4.78 is 5.07. The van der Waals surface area contributed by atoms with Gasteiger partial charge in [0.2, 0.25) is 11.9 Å². The van der Waals surface area contributed by atoms with Crippen LogP contribution in [0, 0.1) is 0 Å². The number of ether oxygens (including phenoxy) is 1. The predicted octanol–water partition coefficient (Wildman–Crippen LogP) is 0.383. The lowest BCUT2D eigenvalue weighted by molar-refractivity contribution is 0.327. The van der Waals surface area contributed by atoms with Crippen molar-refractivity contribution in [3.63, 3.8) is 0 Å². The average molecular weight is 266 g/mol. The van der Waals surface area contributed by atoms with E-state index in [1.807, 2.05) is 0 Å². The Labute approximate surface area is 113 Å². The van der Waals surface area contributed by atoms with Gasteiger partial charge in [-0.1, -0.05) is 6.92 Å². The van der Waals surface area contributed by atoms with Crippen molar-refractivity contribution in [2.24, 2.45) is 0 Å². The zero-order chi connectivity index (χ0) is 13.8. The highest BCUT2D eigenvalue weighted by molar-refractivity contribution is 5.37. The van der Waals surface area contributed by atoms with Crippen LogP contribution in [0.2, 0.25) is 0 Å². The molecule has 1 aliphatic rings. The Hall–Kier alpha value is -1.63. The maximum absolute atomic E-state index is 5.72. The molecule has 2 N–H and O–H groups in total. The molecule has 0 saturated carbocycles. The van der Waals surface area contributed by atoms with Crippen molar-refractivity contribution >= 4 is 11.9 Å². The van der Waals surface area contributed by atoms with E-state index in [-0.39, 0.29) is 12.0 Å². The summed E-state index contributed by atoms with van der Waals surface area (Å²) >= 11 is 0. The number of nitrogens with zero attached hydrogens (tertiary/aromatic N) is 5. The Morgan fingerprint density at radius 1 is 1.32 bits per heavy atom. The van der Waals surface area contributed by atoms with Crippen LogP contribution >= 0.6 is 0 Å². The minimum Gasteiger partial charge on any atom is -0.467 e. The number of hydrogen-bond donors (Lipinski definition) is 1. The molecule has 0 radical (unpaired) electrons. The second-order valence-electron chi connectivity index (χ2n) is 4.85. The lowest BCUT2D eigenvalue weighted by atomic mass is 10.2. The van der Waals surface area contributed by atoms with E-state index >= 15 is 0 Å². The van der Waals surface area contributed by atoms with Crippen LogP contribution in [0.15, 0.2) is 0 Å². The van der Waals surface area contributed by atoms with E-state index < -0.39 is 0 Å². The van der Waals surface area contributed by atoms with Crippen molar-refractivity contribution in [1.82, 2.24) is 19.9 Å². The summed E-state index contributed by atoms with van der Waals surface area (Å²) in [6, 6.07) is 0.661. The van der Waals surface area contributed by atoms with Crippen LogP contribution in [-0.2, 0) is 0 Å². The van der Waals surface area contributed by atoms with E-state index in [1.165, 1.54) is 7.11 Å². The number of anilines is 2. The molecule has 106 valence electrons. The van der Waals surface area contributed by atoms with Crippen molar-refractivity contribution in [1.29, 1.82) is 0 Å². The molecule has 1 aliphatic heterocycles. The molecule has 1 saturated heterocycles. The van der Waals surface area contributed by atoms with Gasteiger partial charge < -0.3 is 20.3 Å². The molecule has 1 atom stereocenters. The quantitative estimate of drug-likeness (QED) is 0.847. The van der Waals surface area contributed by atoms with Gasteiger partial charge in [0, 0.05) is 19.1 Å². The Morgan fingerprint density at radius 2 is 2.11 bits per heavy atom. The van der Waals surface area contributed by atoms with Crippen LogP contribution in [0.3, 0.4) is 0 Å². The third kappa shape index (κ3) is 3.23. The molecular formula is C12H22N6O. The van der Waals surface area contributed by atoms with Crippen molar-refractivity contribution in [2.75, 3.05) is 44.4 Å². The van der Waals surface area contributed by atoms with Crippen LogP contribution in [-0.4, -0.2) is 59.7 Å². The zero-order valence-electron chi connectivity index (χ0n) is 11.8. The molecule has 7 nitrogen and oxygen atoms in total. The fraction of sp³-hybridized carbons (Fsp3) is 0.750. The number of likely N-dealkylation sites (N-methyl/N-ethyl adjacent to an activating group) is 1. The first kappa shape index (κ1) is 13.8. The van der Waals surface area contributed by atoms with E-state index in [1.54, 1.807) is 0 Å². The van der Waals surface area contributed by atoms with E-state index in [0.29, 0.717) is 12.0 Å². The summed E-state index contributed by atoms with van der Waals surface area (Å²) in [6.07, 6.45) is 2.12. The van der Waals surface area contributed by atoms with Crippen LogP contribution in [0.4, 0.5) is 11.9 Å². The number of hydrogen-bond acceptors (Lipinski definition) is 7. The van der Waals surface area contributed by atoms with Gasteiger partial charge in [0.15, 0.2) is 0 Å². The summed E-state index contributed by atoms with van der Waals surface area (Å²) in [4.78, 5) is 17.1. The predicted molar refractivity (Wildman–Crippen MR) is 74.3 cm³/mol. The first-order valence-electron chi connectivity index (χ1n) is 6.64. The summed E-state index contributed by atoms with van der Waals surface area (Å²) in [6.45, 7) is 5.20. The fourth-order valence-electron chi connectivity index (χ4n) is 2.44. The van der Waals surface area contributed by atoms with Gasteiger partial charge in [0.25, 0.3) is 0 Å². The summed E-state index contributed by atoms with van der Waals surface area (Å²) in [5.41, 5.74) is 5.72. The van der Waals surface area contributed by atoms with Gasteiger partial charge in [-0.25, -0.2) is 0 Å². The van der Waals surface area contributed by atoms with Gasteiger partial charge >= 0.3 is 6.01 Å². The molecule has 0 bridgehead atoms. The van der Waals surface area contributed by atoms with Crippen molar-refractivity contribution < 1.29 is 4.74 Å². The molecule has 19 heavy (non-hydrogen) atoms. The van der Waals surface area contributed by atoms with Gasteiger partial charge in [0.1, 0.15) is 0 Å². The number of nitrogens with two attached hydrogens (primary N) is 1. The largest absolute Gasteiger partial charge is 0.467 e. The normalized spacial score (nSPS) is 21.2. The molecule has 2 rings (SSSR count). The smallest absolute Gasteiger partial charge is 0.322 e.